The average Bonchev–Trinajstić information content (AvgIpc) is 2.98. The number of carboxylic acids is 1. The molecule has 0 bridgehead atoms. The first kappa shape index (κ1) is 21.3. The van der Waals surface area contributed by atoms with Gasteiger partial charge in [-0.25, -0.2) is 9.59 Å². The van der Waals surface area contributed by atoms with E-state index in [1.54, 1.807) is 27.7 Å². The molecule has 1 saturated carbocycles. The van der Waals surface area contributed by atoms with E-state index in [9.17, 15) is 19.5 Å². The third-order valence-electron chi connectivity index (χ3n) is 4.49. The minimum atomic E-state index is -1.41. The van der Waals surface area contributed by atoms with Crippen LogP contribution >= 0.6 is 0 Å². The van der Waals surface area contributed by atoms with Gasteiger partial charge >= 0.3 is 18.0 Å². The molecule has 0 radical (unpaired) electrons. The number of nitrogens with one attached hydrogen (secondary N) is 1. The van der Waals surface area contributed by atoms with Crippen molar-refractivity contribution in [2.75, 3.05) is 0 Å². The summed E-state index contributed by atoms with van der Waals surface area (Å²) in [5.41, 5.74) is -1.41. The molecule has 1 rings (SSSR count). The third-order valence-corrected chi connectivity index (χ3v) is 4.49. The van der Waals surface area contributed by atoms with Crippen molar-refractivity contribution in [3.8, 4) is 0 Å². The molecule has 7 heteroatoms. The molecule has 0 aliphatic heterocycles. The number of hydrogen-bond acceptors (Lipinski definition) is 5. The van der Waals surface area contributed by atoms with Crippen LogP contribution < -0.4 is 5.32 Å². The Morgan fingerprint density at radius 2 is 1.68 bits per heavy atom. The summed E-state index contributed by atoms with van der Waals surface area (Å²) in [4.78, 5) is 35.6. The quantitative estimate of drug-likeness (QED) is 0.510. The number of amides is 1. The molecule has 1 amide bonds. The smallest absolute Gasteiger partial charge is 0.411 e. The molecule has 0 aromatic carbocycles. The lowest BCUT2D eigenvalue weighted by Crippen LogP contribution is -2.54. The zero-order valence-electron chi connectivity index (χ0n) is 15.8. The molecule has 0 unspecified atom stereocenters. The van der Waals surface area contributed by atoms with Crippen LogP contribution in [0, 0.1) is 17.8 Å². The summed E-state index contributed by atoms with van der Waals surface area (Å²) in [5, 5.41) is 12.0. The molecule has 2 atom stereocenters. The molecule has 25 heavy (non-hydrogen) atoms. The van der Waals surface area contributed by atoms with E-state index in [0.29, 0.717) is 6.42 Å². The molecule has 0 aromatic heterocycles. The molecule has 2 N–H and O–H groups in total. The van der Waals surface area contributed by atoms with Crippen molar-refractivity contribution in [3.63, 3.8) is 0 Å². The van der Waals surface area contributed by atoms with Crippen molar-refractivity contribution in [3.05, 3.63) is 0 Å². The normalized spacial score (nSPS) is 18.7. The monoisotopic (exact) mass is 357 g/mol. The molecule has 0 spiro atoms. The highest BCUT2D eigenvalue weighted by Crippen LogP contribution is 2.32. The second kappa shape index (κ2) is 9.06. The Bertz CT molecular complexity index is 484. The largest absolute Gasteiger partial charge is 0.480 e. The first-order valence-corrected chi connectivity index (χ1v) is 8.98. The fourth-order valence-electron chi connectivity index (χ4n) is 2.89. The summed E-state index contributed by atoms with van der Waals surface area (Å²) >= 11 is 0. The van der Waals surface area contributed by atoms with E-state index >= 15 is 0 Å². The highest BCUT2D eigenvalue weighted by molar-refractivity contribution is 5.84. The average molecular weight is 357 g/mol. The lowest BCUT2D eigenvalue weighted by atomic mass is 9.88. The molecule has 7 nitrogen and oxygen atoms in total. The van der Waals surface area contributed by atoms with Gasteiger partial charge in [0.1, 0.15) is 5.54 Å². The maximum Gasteiger partial charge on any atom is 0.411 e. The number of aliphatic carboxylic acids is 1. The van der Waals surface area contributed by atoms with Crippen LogP contribution in [0.2, 0.25) is 0 Å². The van der Waals surface area contributed by atoms with Crippen molar-refractivity contribution in [2.45, 2.75) is 78.6 Å². The van der Waals surface area contributed by atoms with Gasteiger partial charge in [-0.3, -0.25) is 4.79 Å². The van der Waals surface area contributed by atoms with E-state index in [2.05, 4.69) is 5.32 Å². The summed E-state index contributed by atoms with van der Waals surface area (Å²) < 4.78 is 10.4. The topological polar surface area (TPSA) is 102 Å². The van der Waals surface area contributed by atoms with Gasteiger partial charge in [-0.2, -0.15) is 0 Å². The maximum absolute atomic E-state index is 12.2. The van der Waals surface area contributed by atoms with Gasteiger partial charge in [0, 0.05) is 5.92 Å². The molecule has 1 aliphatic rings. The summed E-state index contributed by atoms with van der Waals surface area (Å²) in [7, 11) is 0. The molecule has 0 heterocycles. The molecule has 0 aromatic rings. The Hall–Kier alpha value is -1.79. The summed E-state index contributed by atoms with van der Waals surface area (Å²) in [6.45, 7) is 8.35. The van der Waals surface area contributed by atoms with Gasteiger partial charge in [0.05, 0.1) is 5.92 Å². The number of ether oxygens (including phenoxy) is 2. The Kier molecular flexibility index (Phi) is 7.70. The van der Waals surface area contributed by atoms with Gasteiger partial charge in [-0.05, 0) is 19.3 Å². The van der Waals surface area contributed by atoms with E-state index in [1.807, 2.05) is 0 Å². The van der Waals surface area contributed by atoms with Crippen LogP contribution in [0.4, 0.5) is 4.79 Å². The van der Waals surface area contributed by atoms with E-state index in [-0.39, 0.29) is 17.8 Å². The Morgan fingerprint density at radius 3 is 2.12 bits per heavy atom. The molecule has 144 valence electrons. The predicted molar refractivity (Wildman–Crippen MR) is 91.8 cm³/mol. The first-order valence-electron chi connectivity index (χ1n) is 8.98. The van der Waals surface area contributed by atoms with Crippen molar-refractivity contribution in [2.24, 2.45) is 17.8 Å². The number of carboxylic acid groups (broad SMARTS) is 1. The minimum Gasteiger partial charge on any atom is -0.480 e. The standard InChI is InChI=1S/C18H31NO6/c1-11(2)14(20)24-15(12(3)4)25-17(23)19-18(5,16(21)22)10-13-8-6-7-9-13/h11-13,15H,6-10H2,1-5H3,(H,19,23)(H,21,22)/t15-,18-/m0/s1. The van der Waals surface area contributed by atoms with Gasteiger partial charge < -0.3 is 19.9 Å². The lowest BCUT2D eigenvalue weighted by molar-refractivity contribution is -0.179. The molecule has 0 saturated heterocycles. The van der Waals surface area contributed by atoms with Gasteiger partial charge in [-0.15, -0.1) is 0 Å². The second-order valence-corrected chi connectivity index (χ2v) is 7.73. The van der Waals surface area contributed by atoms with Gasteiger partial charge in [0.2, 0.25) is 0 Å². The van der Waals surface area contributed by atoms with Gasteiger partial charge in [0.25, 0.3) is 6.29 Å². The Morgan fingerprint density at radius 1 is 1.12 bits per heavy atom. The van der Waals surface area contributed by atoms with E-state index < -0.39 is 29.9 Å². The van der Waals surface area contributed by atoms with Gasteiger partial charge in [-0.1, -0.05) is 53.4 Å². The van der Waals surface area contributed by atoms with Crippen LogP contribution in [0.3, 0.4) is 0 Å². The highest BCUT2D eigenvalue weighted by Gasteiger charge is 2.39. The number of carbonyl (C=O) groups is 3. The van der Waals surface area contributed by atoms with Crippen molar-refractivity contribution in [1.82, 2.24) is 5.32 Å². The fraction of sp³-hybridized carbons (Fsp3) is 0.833. The Labute approximate surface area is 149 Å². The second-order valence-electron chi connectivity index (χ2n) is 7.73. The van der Waals surface area contributed by atoms with Crippen LogP contribution in [0.25, 0.3) is 0 Å². The predicted octanol–water partition coefficient (Wildman–Crippen LogP) is 3.32. The Balaban J connectivity index is 2.71. The molecular weight excluding hydrogens is 326 g/mol. The number of alkyl carbamates (subject to hydrolysis) is 1. The SMILES string of the molecule is CC(C)C(=O)O[C@@H](OC(=O)N[C@@](C)(CC1CCCC1)C(=O)O)C(C)C. The zero-order valence-corrected chi connectivity index (χ0v) is 15.8. The van der Waals surface area contributed by atoms with E-state index in [4.69, 9.17) is 9.47 Å². The van der Waals surface area contributed by atoms with Crippen molar-refractivity contribution in [1.29, 1.82) is 0 Å². The number of hydrogen-bond donors (Lipinski definition) is 2. The van der Waals surface area contributed by atoms with Crippen molar-refractivity contribution < 1.29 is 29.0 Å². The van der Waals surface area contributed by atoms with Crippen molar-refractivity contribution >= 4 is 18.0 Å². The molecule has 1 fully saturated rings. The zero-order chi connectivity index (χ0) is 19.2. The number of carbonyl (C=O) groups excluding carboxylic acids is 2. The van der Waals surface area contributed by atoms with Crippen LogP contribution in [-0.2, 0) is 19.1 Å². The van der Waals surface area contributed by atoms with Crippen LogP contribution in [0.1, 0.15) is 66.7 Å². The maximum atomic E-state index is 12.2. The van der Waals surface area contributed by atoms with E-state index in [1.165, 1.54) is 6.92 Å². The van der Waals surface area contributed by atoms with Gasteiger partial charge in [0.15, 0.2) is 0 Å². The van der Waals surface area contributed by atoms with Crippen LogP contribution in [0.15, 0.2) is 0 Å². The third kappa shape index (κ3) is 6.55. The van der Waals surface area contributed by atoms with Crippen LogP contribution in [-0.4, -0.2) is 35.0 Å². The summed E-state index contributed by atoms with van der Waals surface area (Å²) in [6.07, 6.45) is 2.53. The fourth-order valence-corrected chi connectivity index (χ4v) is 2.89. The minimum absolute atomic E-state index is 0.251. The van der Waals surface area contributed by atoms with E-state index in [0.717, 1.165) is 25.7 Å². The lowest BCUT2D eigenvalue weighted by Gasteiger charge is -2.30. The number of rotatable bonds is 8. The number of esters is 1. The molecule has 1 aliphatic carbocycles. The summed E-state index contributed by atoms with van der Waals surface area (Å²) in [5.74, 6) is -1.89. The highest BCUT2D eigenvalue weighted by atomic mass is 16.7. The molecular formula is C18H31NO6. The van der Waals surface area contributed by atoms with Crippen LogP contribution in [0.5, 0.6) is 0 Å². The first-order chi connectivity index (χ1) is 11.5. The summed E-state index contributed by atoms with van der Waals surface area (Å²) in [6, 6.07) is 0.